The molecule has 0 N–H and O–H groups in total. The van der Waals surface area contributed by atoms with Gasteiger partial charge in [0, 0.05) is 0 Å². The number of benzene rings is 2. The summed E-state index contributed by atoms with van der Waals surface area (Å²) in [6.45, 7) is 9.18. The smallest absolute Gasteiger partial charge is 0.338 e. The highest BCUT2D eigenvalue weighted by Gasteiger charge is 2.22. The SMILES string of the molecule is C=C(CC(C)(C)CCOC(=O)c1ccccc1)c1ccc2c(c1)OCO2. The van der Waals surface area contributed by atoms with Gasteiger partial charge in [-0.25, -0.2) is 4.79 Å². The van der Waals surface area contributed by atoms with Crippen LogP contribution in [0.25, 0.3) is 5.57 Å². The largest absolute Gasteiger partial charge is 0.462 e. The Morgan fingerprint density at radius 2 is 1.81 bits per heavy atom. The lowest BCUT2D eigenvalue weighted by Crippen LogP contribution is -2.17. The van der Waals surface area contributed by atoms with Crippen LogP contribution >= 0.6 is 0 Å². The van der Waals surface area contributed by atoms with Gasteiger partial charge in [0.15, 0.2) is 11.5 Å². The molecule has 0 unspecified atom stereocenters. The number of ether oxygens (including phenoxy) is 3. The van der Waals surface area contributed by atoms with Gasteiger partial charge in [0.2, 0.25) is 6.79 Å². The van der Waals surface area contributed by atoms with Crippen LogP contribution in [-0.4, -0.2) is 19.4 Å². The van der Waals surface area contributed by atoms with E-state index in [2.05, 4.69) is 20.4 Å². The van der Waals surface area contributed by atoms with E-state index in [-0.39, 0.29) is 18.2 Å². The second-order valence-electron chi connectivity index (χ2n) is 7.26. The van der Waals surface area contributed by atoms with Crippen molar-refractivity contribution in [1.29, 1.82) is 0 Å². The van der Waals surface area contributed by atoms with Crippen LogP contribution in [0.3, 0.4) is 0 Å². The minimum Gasteiger partial charge on any atom is -0.462 e. The van der Waals surface area contributed by atoms with Gasteiger partial charge >= 0.3 is 5.97 Å². The number of fused-ring (bicyclic) bond motifs is 1. The number of carbonyl (C=O) groups excluding carboxylic acids is 1. The first-order valence-corrected chi connectivity index (χ1v) is 8.75. The molecule has 26 heavy (non-hydrogen) atoms. The van der Waals surface area contributed by atoms with E-state index in [1.807, 2.05) is 36.4 Å². The summed E-state index contributed by atoms with van der Waals surface area (Å²) >= 11 is 0. The molecule has 0 amide bonds. The molecule has 0 saturated carbocycles. The molecule has 136 valence electrons. The Morgan fingerprint density at radius 1 is 1.08 bits per heavy atom. The molecule has 0 spiro atoms. The molecule has 4 heteroatoms. The molecule has 2 aromatic rings. The Bertz CT molecular complexity index is 793. The van der Waals surface area contributed by atoms with E-state index in [0.717, 1.165) is 35.5 Å². The van der Waals surface area contributed by atoms with Gasteiger partial charge in [-0.3, -0.25) is 0 Å². The fourth-order valence-electron chi connectivity index (χ4n) is 2.96. The van der Waals surface area contributed by atoms with Gasteiger partial charge in [0.05, 0.1) is 12.2 Å². The zero-order valence-electron chi connectivity index (χ0n) is 15.3. The maximum absolute atomic E-state index is 12.0. The predicted molar refractivity (Wildman–Crippen MR) is 101 cm³/mol. The molecule has 3 rings (SSSR count). The Morgan fingerprint density at radius 3 is 2.58 bits per heavy atom. The first kappa shape index (κ1) is 18.1. The van der Waals surface area contributed by atoms with Crippen LogP contribution < -0.4 is 9.47 Å². The molecule has 4 nitrogen and oxygen atoms in total. The molecule has 0 radical (unpaired) electrons. The standard InChI is InChI=1S/C22H24O4/c1-16(18-9-10-19-20(13-18)26-15-25-19)14-22(2,3)11-12-24-21(23)17-7-5-4-6-8-17/h4-10,13H,1,11-12,14-15H2,2-3H3. The van der Waals surface area contributed by atoms with Crippen LogP contribution in [0.4, 0.5) is 0 Å². The topological polar surface area (TPSA) is 44.8 Å². The Labute approximate surface area is 154 Å². The first-order chi connectivity index (χ1) is 12.4. The van der Waals surface area contributed by atoms with Crippen molar-refractivity contribution >= 4 is 11.5 Å². The third-order valence-electron chi connectivity index (χ3n) is 4.49. The quantitative estimate of drug-likeness (QED) is 0.651. The average Bonchev–Trinajstić information content (AvgIpc) is 3.09. The fraction of sp³-hybridized carbons (Fsp3) is 0.318. The lowest BCUT2D eigenvalue weighted by atomic mass is 9.81. The lowest BCUT2D eigenvalue weighted by Gasteiger charge is -2.25. The van der Waals surface area contributed by atoms with E-state index in [1.54, 1.807) is 12.1 Å². The van der Waals surface area contributed by atoms with Crippen LogP contribution in [0.2, 0.25) is 0 Å². The Kier molecular flexibility index (Phi) is 5.31. The summed E-state index contributed by atoms with van der Waals surface area (Å²) in [5, 5.41) is 0. The van der Waals surface area contributed by atoms with Crippen LogP contribution in [0.15, 0.2) is 55.1 Å². The van der Waals surface area contributed by atoms with E-state index >= 15 is 0 Å². The number of rotatable bonds is 7. The molecule has 1 aliphatic rings. The number of hydrogen-bond donors (Lipinski definition) is 0. The van der Waals surface area contributed by atoms with Crippen molar-refractivity contribution in [2.45, 2.75) is 26.7 Å². The molecule has 0 aromatic heterocycles. The summed E-state index contributed by atoms with van der Waals surface area (Å²) in [5.74, 6) is 1.25. The van der Waals surface area contributed by atoms with Crippen molar-refractivity contribution in [3.63, 3.8) is 0 Å². The van der Waals surface area contributed by atoms with Gasteiger partial charge in [-0.15, -0.1) is 0 Å². The summed E-state index contributed by atoms with van der Waals surface area (Å²) in [6.07, 6.45) is 1.56. The van der Waals surface area contributed by atoms with E-state index in [4.69, 9.17) is 14.2 Å². The minimum atomic E-state index is -0.281. The van der Waals surface area contributed by atoms with Crippen molar-refractivity contribution in [3.8, 4) is 11.5 Å². The second kappa shape index (κ2) is 7.65. The summed E-state index contributed by atoms with van der Waals surface area (Å²) in [6, 6.07) is 14.9. The Hall–Kier alpha value is -2.75. The van der Waals surface area contributed by atoms with E-state index < -0.39 is 0 Å². The van der Waals surface area contributed by atoms with Crippen molar-refractivity contribution in [1.82, 2.24) is 0 Å². The highest BCUT2D eigenvalue weighted by Crippen LogP contribution is 2.38. The van der Waals surface area contributed by atoms with Crippen molar-refractivity contribution in [2.75, 3.05) is 13.4 Å². The van der Waals surface area contributed by atoms with Gasteiger partial charge in [-0.2, -0.15) is 0 Å². The number of allylic oxidation sites excluding steroid dienone is 1. The molecular weight excluding hydrogens is 328 g/mol. The summed E-state index contributed by atoms with van der Waals surface area (Å²) in [7, 11) is 0. The summed E-state index contributed by atoms with van der Waals surface area (Å²) in [4.78, 5) is 12.0. The van der Waals surface area contributed by atoms with Crippen molar-refractivity contribution < 1.29 is 19.0 Å². The zero-order valence-corrected chi connectivity index (χ0v) is 15.3. The zero-order chi connectivity index (χ0) is 18.6. The molecule has 2 aromatic carbocycles. The second-order valence-corrected chi connectivity index (χ2v) is 7.26. The number of carbonyl (C=O) groups is 1. The normalized spacial score (nSPS) is 12.7. The molecule has 1 aliphatic heterocycles. The summed E-state index contributed by atoms with van der Waals surface area (Å²) < 4.78 is 16.2. The lowest BCUT2D eigenvalue weighted by molar-refractivity contribution is 0.0460. The fourth-order valence-corrected chi connectivity index (χ4v) is 2.96. The maximum atomic E-state index is 12.0. The third kappa shape index (κ3) is 4.45. The maximum Gasteiger partial charge on any atom is 0.338 e. The average molecular weight is 352 g/mol. The molecule has 0 fully saturated rings. The van der Waals surface area contributed by atoms with Crippen LogP contribution in [0.1, 0.15) is 42.6 Å². The van der Waals surface area contributed by atoms with Crippen molar-refractivity contribution in [3.05, 3.63) is 66.2 Å². The third-order valence-corrected chi connectivity index (χ3v) is 4.49. The highest BCUT2D eigenvalue weighted by molar-refractivity contribution is 5.89. The molecular formula is C22H24O4. The van der Waals surface area contributed by atoms with Crippen LogP contribution in [0, 0.1) is 5.41 Å². The van der Waals surface area contributed by atoms with Crippen LogP contribution in [0.5, 0.6) is 11.5 Å². The van der Waals surface area contributed by atoms with Crippen molar-refractivity contribution in [2.24, 2.45) is 5.41 Å². The molecule has 0 aliphatic carbocycles. The van der Waals surface area contributed by atoms with Gasteiger partial charge in [0.1, 0.15) is 0 Å². The van der Waals surface area contributed by atoms with Gasteiger partial charge in [0.25, 0.3) is 0 Å². The number of hydrogen-bond acceptors (Lipinski definition) is 4. The molecule has 1 heterocycles. The molecule has 0 atom stereocenters. The highest BCUT2D eigenvalue weighted by atomic mass is 16.7. The van der Waals surface area contributed by atoms with Gasteiger partial charge < -0.3 is 14.2 Å². The first-order valence-electron chi connectivity index (χ1n) is 8.75. The number of esters is 1. The minimum absolute atomic E-state index is 0.0373. The molecule has 0 saturated heterocycles. The monoisotopic (exact) mass is 352 g/mol. The summed E-state index contributed by atoms with van der Waals surface area (Å²) in [5.41, 5.74) is 2.62. The van der Waals surface area contributed by atoms with Gasteiger partial charge in [-0.05, 0) is 53.7 Å². The van der Waals surface area contributed by atoms with E-state index in [0.29, 0.717) is 12.2 Å². The predicted octanol–water partition coefficient (Wildman–Crippen LogP) is 5.09. The van der Waals surface area contributed by atoms with Crippen LogP contribution in [-0.2, 0) is 4.74 Å². The van der Waals surface area contributed by atoms with E-state index in [9.17, 15) is 4.79 Å². The Balaban J connectivity index is 1.52. The molecule has 0 bridgehead atoms. The van der Waals surface area contributed by atoms with E-state index in [1.165, 1.54) is 0 Å². The van der Waals surface area contributed by atoms with Gasteiger partial charge in [-0.1, -0.05) is 44.7 Å².